The van der Waals surface area contributed by atoms with Crippen molar-refractivity contribution in [2.75, 3.05) is 18.6 Å². The molecule has 3 heteroatoms. The largest absolute Gasteiger partial charge is 0.494 e. The fourth-order valence-electron chi connectivity index (χ4n) is 2.42. The molecule has 0 aromatic heterocycles. The number of carbonyl (C=O) groups is 1. The quantitative estimate of drug-likeness (QED) is 0.819. The molecular formula is C17H23NO2. The number of fused-ring (bicyclic) bond motifs is 1. The van der Waals surface area contributed by atoms with Crippen LogP contribution in [0.4, 0.5) is 5.69 Å². The Hall–Kier alpha value is -1.77. The molecule has 0 N–H and O–H groups in total. The van der Waals surface area contributed by atoms with Crippen molar-refractivity contribution >= 4 is 17.2 Å². The second-order valence-electron chi connectivity index (χ2n) is 5.92. The molecule has 2 rings (SSSR count). The van der Waals surface area contributed by atoms with Gasteiger partial charge in [0.05, 0.1) is 18.7 Å². The highest BCUT2D eigenvalue weighted by Gasteiger charge is 2.27. The standard InChI is InChI=1S/C17H23NO2/c1-11(2)6-7-20-14-8-13-9-16(19)18(5)17(13)15(10-14)12(3)4/h8,10-11H,3,6-7,9H2,1-2,4-5H3. The molecular weight excluding hydrogens is 250 g/mol. The van der Waals surface area contributed by atoms with Crippen LogP contribution in [-0.2, 0) is 11.2 Å². The predicted molar refractivity (Wildman–Crippen MR) is 83.2 cm³/mol. The Bertz CT molecular complexity index is 546. The normalized spacial score (nSPS) is 13.8. The number of amides is 1. The molecule has 0 unspecified atom stereocenters. The predicted octanol–water partition coefficient (Wildman–Crippen LogP) is 3.66. The molecule has 0 aliphatic carbocycles. The summed E-state index contributed by atoms with van der Waals surface area (Å²) in [6.07, 6.45) is 1.48. The summed E-state index contributed by atoms with van der Waals surface area (Å²) < 4.78 is 5.83. The molecule has 0 atom stereocenters. The summed E-state index contributed by atoms with van der Waals surface area (Å²) in [6.45, 7) is 11.0. The summed E-state index contributed by atoms with van der Waals surface area (Å²) in [7, 11) is 1.82. The molecule has 1 heterocycles. The monoisotopic (exact) mass is 273 g/mol. The van der Waals surface area contributed by atoms with Crippen molar-refractivity contribution in [1.82, 2.24) is 0 Å². The van der Waals surface area contributed by atoms with Crippen LogP contribution in [0.5, 0.6) is 5.75 Å². The average molecular weight is 273 g/mol. The number of benzene rings is 1. The first-order chi connectivity index (χ1) is 9.40. The Balaban J connectivity index is 2.29. The van der Waals surface area contributed by atoms with Gasteiger partial charge in [0.25, 0.3) is 0 Å². The molecule has 0 saturated heterocycles. The number of nitrogens with zero attached hydrogens (tertiary/aromatic N) is 1. The van der Waals surface area contributed by atoms with E-state index in [9.17, 15) is 4.79 Å². The lowest BCUT2D eigenvalue weighted by Gasteiger charge is -2.17. The van der Waals surface area contributed by atoms with E-state index in [2.05, 4.69) is 20.4 Å². The zero-order valence-electron chi connectivity index (χ0n) is 12.8. The van der Waals surface area contributed by atoms with Crippen LogP contribution in [0.15, 0.2) is 18.7 Å². The van der Waals surface area contributed by atoms with Gasteiger partial charge >= 0.3 is 0 Å². The van der Waals surface area contributed by atoms with Crippen LogP contribution in [0.2, 0.25) is 0 Å². The maximum absolute atomic E-state index is 11.9. The first-order valence-electron chi connectivity index (χ1n) is 7.12. The number of ether oxygens (including phenoxy) is 1. The minimum absolute atomic E-state index is 0.127. The highest BCUT2D eigenvalue weighted by atomic mass is 16.5. The van der Waals surface area contributed by atoms with Crippen LogP contribution in [0.1, 0.15) is 38.3 Å². The molecule has 1 aliphatic rings. The molecule has 0 radical (unpaired) electrons. The Morgan fingerprint density at radius 1 is 1.45 bits per heavy atom. The third-order valence-electron chi connectivity index (χ3n) is 3.64. The van der Waals surface area contributed by atoms with Crippen molar-refractivity contribution < 1.29 is 9.53 Å². The number of rotatable bonds is 5. The van der Waals surface area contributed by atoms with Gasteiger partial charge in [-0.3, -0.25) is 4.79 Å². The Kier molecular flexibility index (Phi) is 4.17. The number of allylic oxidation sites excluding steroid dienone is 1. The first-order valence-corrected chi connectivity index (χ1v) is 7.12. The molecule has 1 aliphatic heterocycles. The molecule has 0 saturated carbocycles. The third kappa shape index (κ3) is 2.87. The second-order valence-corrected chi connectivity index (χ2v) is 5.92. The van der Waals surface area contributed by atoms with Gasteiger partial charge in [-0.25, -0.2) is 0 Å². The molecule has 20 heavy (non-hydrogen) atoms. The zero-order chi connectivity index (χ0) is 14.9. The van der Waals surface area contributed by atoms with E-state index in [-0.39, 0.29) is 5.91 Å². The molecule has 3 nitrogen and oxygen atoms in total. The van der Waals surface area contributed by atoms with Gasteiger partial charge in [-0.05, 0) is 42.5 Å². The molecule has 0 bridgehead atoms. The maximum Gasteiger partial charge on any atom is 0.231 e. The summed E-state index contributed by atoms with van der Waals surface area (Å²) in [4.78, 5) is 13.6. The lowest BCUT2D eigenvalue weighted by molar-refractivity contribution is -0.117. The summed E-state index contributed by atoms with van der Waals surface area (Å²) in [5, 5.41) is 0. The lowest BCUT2D eigenvalue weighted by Crippen LogP contribution is -2.21. The van der Waals surface area contributed by atoms with E-state index in [1.54, 1.807) is 4.90 Å². The van der Waals surface area contributed by atoms with Gasteiger partial charge in [-0.15, -0.1) is 0 Å². The first kappa shape index (κ1) is 14.6. The molecule has 108 valence electrons. The van der Waals surface area contributed by atoms with Crippen molar-refractivity contribution in [1.29, 1.82) is 0 Å². The number of carbonyl (C=O) groups excluding carboxylic acids is 1. The minimum Gasteiger partial charge on any atom is -0.494 e. The highest BCUT2D eigenvalue weighted by molar-refractivity contribution is 6.04. The van der Waals surface area contributed by atoms with Crippen molar-refractivity contribution in [2.24, 2.45) is 5.92 Å². The Morgan fingerprint density at radius 3 is 2.75 bits per heavy atom. The van der Waals surface area contributed by atoms with E-state index in [0.717, 1.165) is 34.6 Å². The van der Waals surface area contributed by atoms with Gasteiger partial charge in [0.15, 0.2) is 0 Å². The van der Waals surface area contributed by atoms with E-state index < -0.39 is 0 Å². The highest BCUT2D eigenvalue weighted by Crippen LogP contribution is 2.38. The van der Waals surface area contributed by atoms with Crippen LogP contribution in [0.3, 0.4) is 0 Å². The van der Waals surface area contributed by atoms with Crippen LogP contribution in [0, 0.1) is 5.92 Å². The van der Waals surface area contributed by atoms with Crippen LogP contribution in [-0.4, -0.2) is 19.6 Å². The van der Waals surface area contributed by atoms with Gasteiger partial charge in [-0.1, -0.05) is 20.4 Å². The van der Waals surface area contributed by atoms with Crippen LogP contribution < -0.4 is 9.64 Å². The van der Waals surface area contributed by atoms with Crippen molar-refractivity contribution in [3.63, 3.8) is 0 Å². The summed E-state index contributed by atoms with van der Waals surface area (Å²) in [5.41, 5.74) is 3.99. The zero-order valence-corrected chi connectivity index (χ0v) is 12.8. The molecule has 0 fully saturated rings. The Morgan fingerprint density at radius 2 is 2.15 bits per heavy atom. The van der Waals surface area contributed by atoms with E-state index in [0.29, 0.717) is 18.9 Å². The van der Waals surface area contributed by atoms with Crippen molar-refractivity contribution in [3.8, 4) is 5.75 Å². The smallest absolute Gasteiger partial charge is 0.231 e. The fourth-order valence-corrected chi connectivity index (χ4v) is 2.42. The van der Waals surface area contributed by atoms with Gasteiger partial charge in [0.2, 0.25) is 5.91 Å². The van der Waals surface area contributed by atoms with E-state index in [4.69, 9.17) is 4.74 Å². The summed E-state index contributed by atoms with van der Waals surface area (Å²) >= 11 is 0. The van der Waals surface area contributed by atoms with E-state index in [1.165, 1.54) is 0 Å². The number of hydrogen-bond donors (Lipinski definition) is 0. The van der Waals surface area contributed by atoms with Crippen molar-refractivity contribution in [3.05, 3.63) is 29.8 Å². The second kappa shape index (κ2) is 5.70. The topological polar surface area (TPSA) is 29.5 Å². The number of hydrogen-bond acceptors (Lipinski definition) is 2. The summed E-state index contributed by atoms with van der Waals surface area (Å²) in [6, 6.07) is 3.99. The third-order valence-corrected chi connectivity index (χ3v) is 3.64. The molecule has 1 aromatic carbocycles. The van der Waals surface area contributed by atoms with Gasteiger partial charge < -0.3 is 9.64 Å². The van der Waals surface area contributed by atoms with Gasteiger partial charge in [-0.2, -0.15) is 0 Å². The SMILES string of the molecule is C=C(C)c1cc(OCCC(C)C)cc2c1N(C)C(=O)C2. The molecule has 0 spiro atoms. The molecule has 1 amide bonds. The van der Waals surface area contributed by atoms with E-state index >= 15 is 0 Å². The maximum atomic E-state index is 11.9. The lowest BCUT2D eigenvalue weighted by atomic mass is 10.0. The Labute approximate surface area is 121 Å². The van der Waals surface area contributed by atoms with Crippen molar-refractivity contribution in [2.45, 2.75) is 33.6 Å². The van der Waals surface area contributed by atoms with Crippen LogP contribution >= 0.6 is 0 Å². The minimum atomic E-state index is 0.127. The van der Waals surface area contributed by atoms with Crippen LogP contribution in [0.25, 0.3) is 5.57 Å². The molecule has 1 aromatic rings. The summed E-state index contributed by atoms with van der Waals surface area (Å²) in [5.74, 6) is 1.59. The fraction of sp³-hybridized carbons (Fsp3) is 0.471. The average Bonchev–Trinajstić information content (AvgIpc) is 2.63. The number of likely N-dealkylation sites (N-methyl/N-ethyl adjacent to an activating group) is 1. The van der Waals surface area contributed by atoms with Gasteiger partial charge in [0, 0.05) is 12.6 Å². The van der Waals surface area contributed by atoms with Gasteiger partial charge in [0.1, 0.15) is 5.75 Å². The number of anilines is 1. The van der Waals surface area contributed by atoms with E-state index in [1.807, 2.05) is 26.1 Å².